The SMILES string of the molecule is COCCOCCN=[N+]=[N-].N. The van der Waals surface area contributed by atoms with Crippen molar-refractivity contribution in [3.63, 3.8) is 0 Å². The third kappa shape index (κ3) is 12.4. The number of rotatable bonds is 6. The first-order chi connectivity index (χ1) is 4.91. The lowest BCUT2D eigenvalue weighted by molar-refractivity contribution is 0.0747. The Morgan fingerprint density at radius 3 is 2.64 bits per heavy atom. The lowest BCUT2D eigenvalue weighted by Crippen LogP contribution is -2.04. The molecule has 0 spiro atoms. The van der Waals surface area contributed by atoms with Crippen LogP contribution in [0.15, 0.2) is 5.11 Å². The molecule has 0 aliphatic rings. The van der Waals surface area contributed by atoms with Crippen LogP contribution >= 0.6 is 0 Å². The minimum atomic E-state index is 0. The molecule has 0 aromatic rings. The van der Waals surface area contributed by atoms with Crippen molar-refractivity contribution >= 4 is 0 Å². The lowest BCUT2D eigenvalue weighted by atomic mass is 10.7. The quantitative estimate of drug-likeness (QED) is 0.274. The van der Waals surface area contributed by atoms with Crippen LogP contribution in [0.25, 0.3) is 10.4 Å². The van der Waals surface area contributed by atoms with Gasteiger partial charge in [0.05, 0.1) is 19.8 Å². The molecule has 0 bridgehead atoms. The van der Waals surface area contributed by atoms with Crippen molar-refractivity contribution in [1.82, 2.24) is 6.15 Å². The highest BCUT2D eigenvalue weighted by Crippen LogP contribution is 1.77. The topological polar surface area (TPSA) is 102 Å². The average molecular weight is 162 g/mol. The van der Waals surface area contributed by atoms with E-state index >= 15 is 0 Å². The summed E-state index contributed by atoms with van der Waals surface area (Å²) in [6.45, 7) is 1.99. The minimum absolute atomic E-state index is 0. The monoisotopic (exact) mass is 162 g/mol. The molecule has 66 valence electrons. The summed E-state index contributed by atoms with van der Waals surface area (Å²) in [5.41, 5.74) is 7.85. The van der Waals surface area contributed by atoms with Gasteiger partial charge in [0, 0.05) is 18.6 Å². The third-order valence-corrected chi connectivity index (χ3v) is 0.831. The van der Waals surface area contributed by atoms with Crippen molar-refractivity contribution in [3.05, 3.63) is 10.4 Å². The molecule has 0 aliphatic carbocycles. The molecule has 0 saturated carbocycles. The van der Waals surface area contributed by atoms with E-state index in [1.807, 2.05) is 0 Å². The standard InChI is InChI=1S/C5H11N3O2.H3N/c1-9-4-5-10-3-2-7-8-6;/h2-5H2,1H3;1H3. The molecule has 0 unspecified atom stereocenters. The highest BCUT2D eigenvalue weighted by Gasteiger charge is 1.84. The zero-order valence-corrected chi connectivity index (χ0v) is 6.69. The fourth-order valence-electron chi connectivity index (χ4n) is 0.394. The summed E-state index contributed by atoms with van der Waals surface area (Å²) < 4.78 is 9.71. The van der Waals surface area contributed by atoms with Gasteiger partial charge in [-0.05, 0) is 5.53 Å². The second kappa shape index (κ2) is 11.9. The van der Waals surface area contributed by atoms with E-state index in [9.17, 15) is 0 Å². The van der Waals surface area contributed by atoms with Crippen molar-refractivity contribution in [3.8, 4) is 0 Å². The van der Waals surface area contributed by atoms with E-state index in [0.29, 0.717) is 26.4 Å². The highest BCUT2D eigenvalue weighted by atomic mass is 16.5. The molecule has 0 radical (unpaired) electrons. The Balaban J connectivity index is 0. The molecular formula is C5H14N4O2. The second-order valence-corrected chi connectivity index (χ2v) is 1.56. The van der Waals surface area contributed by atoms with Gasteiger partial charge in [-0.15, -0.1) is 0 Å². The number of methoxy groups -OCH3 is 1. The Bertz CT molecular complexity index is 113. The molecule has 0 aromatic carbocycles. The van der Waals surface area contributed by atoms with E-state index in [-0.39, 0.29) is 6.15 Å². The van der Waals surface area contributed by atoms with Crippen LogP contribution in [-0.2, 0) is 9.47 Å². The van der Waals surface area contributed by atoms with Gasteiger partial charge >= 0.3 is 0 Å². The molecular weight excluding hydrogens is 148 g/mol. The lowest BCUT2D eigenvalue weighted by Gasteiger charge is -1.98. The molecule has 0 amide bonds. The molecule has 0 atom stereocenters. The maximum Gasteiger partial charge on any atom is 0.0700 e. The fraction of sp³-hybridized carbons (Fsp3) is 1.00. The van der Waals surface area contributed by atoms with Crippen LogP contribution in [0.3, 0.4) is 0 Å². The number of azide groups is 1. The molecule has 0 aromatic heterocycles. The number of nitrogens with zero attached hydrogens (tertiary/aromatic N) is 3. The zero-order chi connectivity index (χ0) is 7.66. The van der Waals surface area contributed by atoms with E-state index in [4.69, 9.17) is 15.0 Å². The van der Waals surface area contributed by atoms with Gasteiger partial charge < -0.3 is 15.6 Å². The number of ether oxygens (including phenoxy) is 2. The van der Waals surface area contributed by atoms with E-state index in [2.05, 4.69) is 10.0 Å². The van der Waals surface area contributed by atoms with Crippen molar-refractivity contribution < 1.29 is 9.47 Å². The predicted molar refractivity (Wildman–Crippen MR) is 41.7 cm³/mol. The van der Waals surface area contributed by atoms with Gasteiger partial charge in [0.25, 0.3) is 0 Å². The number of hydrogen-bond acceptors (Lipinski definition) is 4. The van der Waals surface area contributed by atoms with Crippen molar-refractivity contribution in [2.45, 2.75) is 0 Å². The van der Waals surface area contributed by atoms with Gasteiger partial charge in [0.1, 0.15) is 0 Å². The van der Waals surface area contributed by atoms with E-state index in [1.165, 1.54) is 0 Å². The Kier molecular flexibility index (Phi) is 13.9. The van der Waals surface area contributed by atoms with E-state index in [0.717, 1.165) is 0 Å². The van der Waals surface area contributed by atoms with E-state index < -0.39 is 0 Å². The normalized spacial score (nSPS) is 8.09. The molecule has 6 nitrogen and oxygen atoms in total. The van der Waals surface area contributed by atoms with Crippen LogP contribution in [0.4, 0.5) is 0 Å². The third-order valence-electron chi connectivity index (χ3n) is 0.831. The van der Waals surface area contributed by atoms with Crippen LogP contribution in [0, 0.1) is 0 Å². The van der Waals surface area contributed by atoms with Gasteiger partial charge in [-0.1, -0.05) is 5.11 Å². The Hall–Kier alpha value is -0.810. The Morgan fingerprint density at radius 2 is 2.09 bits per heavy atom. The second-order valence-electron chi connectivity index (χ2n) is 1.56. The largest absolute Gasteiger partial charge is 0.382 e. The molecule has 3 N–H and O–H groups in total. The maximum absolute atomic E-state index is 7.85. The average Bonchev–Trinajstić information content (AvgIpc) is 1.97. The first-order valence-electron chi connectivity index (χ1n) is 2.99. The highest BCUT2D eigenvalue weighted by molar-refractivity contribution is 4.43. The summed E-state index contributed by atoms with van der Waals surface area (Å²) in [4.78, 5) is 2.57. The predicted octanol–water partition coefficient (Wildman–Crippen LogP) is 1.12. The van der Waals surface area contributed by atoms with Gasteiger partial charge in [-0.3, -0.25) is 0 Å². The zero-order valence-electron chi connectivity index (χ0n) is 6.69. The summed E-state index contributed by atoms with van der Waals surface area (Å²) in [6, 6.07) is 0. The van der Waals surface area contributed by atoms with Gasteiger partial charge in [-0.25, -0.2) is 0 Å². The van der Waals surface area contributed by atoms with Gasteiger partial charge in [0.2, 0.25) is 0 Å². The molecule has 0 heterocycles. The molecule has 6 heteroatoms. The first kappa shape index (κ1) is 12.8. The summed E-state index contributed by atoms with van der Waals surface area (Å²) in [5.74, 6) is 0. The molecule has 0 rings (SSSR count). The fourth-order valence-corrected chi connectivity index (χ4v) is 0.394. The van der Waals surface area contributed by atoms with Crippen molar-refractivity contribution in [1.29, 1.82) is 0 Å². The van der Waals surface area contributed by atoms with Gasteiger partial charge in [0.15, 0.2) is 0 Å². The molecule has 0 saturated heterocycles. The summed E-state index contributed by atoms with van der Waals surface area (Å²) >= 11 is 0. The van der Waals surface area contributed by atoms with Crippen LogP contribution < -0.4 is 6.15 Å². The van der Waals surface area contributed by atoms with Crippen LogP contribution in [0.2, 0.25) is 0 Å². The van der Waals surface area contributed by atoms with Crippen LogP contribution in [-0.4, -0.2) is 33.5 Å². The number of hydrogen-bond donors (Lipinski definition) is 1. The Labute approximate surface area is 65.7 Å². The van der Waals surface area contributed by atoms with Crippen LogP contribution in [0.1, 0.15) is 0 Å². The van der Waals surface area contributed by atoms with Crippen molar-refractivity contribution in [2.75, 3.05) is 33.5 Å². The first-order valence-corrected chi connectivity index (χ1v) is 2.99. The summed E-state index contributed by atoms with van der Waals surface area (Å²) in [6.07, 6.45) is 0. The van der Waals surface area contributed by atoms with E-state index in [1.54, 1.807) is 7.11 Å². The molecule has 0 fully saturated rings. The van der Waals surface area contributed by atoms with Gasteiger partial charge in [-0.2, -0.15) is 0 Å². The maximum atomic E-state index is 7.85. The van der Waals surface area contributed by atoms with Crippen LogP contribution in [0.5, 0.6) is 0 Å². The van der Waals surface area contributed by atoms with Crippen molar-refractivity contribution in [2.24, 2.45) is 5.11 Å². The summed E-state index contributed by atoms with van der Waals surface area (Å²) in [7, 11) is 1.61. The molecule has 0 aliphatic heterocycles. The smallest absolute Gasteiger partial charge is 0.0700 e. The Morgan fingerprint density at radius 1 is 1.36 bits per heavy atom. The molecule has 11 heavy (non-hydrogen) atoms. The summed E-state index contributed by atoms with van der Waals surface area (Å²) in [5, 5.41) is 3.28. The minimum Gasteiger partial charge on any atom is -0.382 e.